The highest BCUT2D eigenvalue weighted by Crippen LogP contribution is 2.30. The van der Waals surface area contributed by atoms with Crippen molar-refractivity contribution in [2.75, 3.05) is 12.4 Å². The molecule has 7 nitrogen and oxygen atoms in total. The molecule has 2 aromatic heterocycles. The molecule has 1 N–H and O–H groups in total. The van der Waals surface area contributed by atoms with Gasteiger partial charge in [0, 0.05) is 17.2 Å². The van der Waals surface area contributed by atoms with E-state index in [1.807, 2.05) is 54.6 Å². The highest BCUT2D eigenvalue weighted by Gasteiger charge is 2.23. The molecule has 4 aromatic rings. The van der Waals surface area contributed by atoms with Crippen molar-refractivity contribution in [3.05, 3.63) is 71.4 Å². The Morgan fingerprint density at radius 1 is 1.06 bits per heavy atom. The lowest BCUT2D eigenvalue weighted by atomic mass is 9.98. The van der Waals surface area contributed by atoms with Crippen molar-refractivity contribution >= 4 is 22.4 Å². The first-order chi connectivity index (χ1) is 14.8. The zero-order chi connectivity index (χ0) is 22.0. The molecule has 0 saturated heterocycles. The average Bonchev–Trinajstić information content (AvgIpc) is 3.42. The van der Waals surface area contributed by atoms with Crippen LogP contribution in [0.5, 0.6) is 5.75 Å². The van der Waals surface area contributed by atoms with Gasteiger partial charge in [-0.3, -0.25) is 10.1 Å². The summed E-state index contributed by atoms with van der Waals surface area (Å²) in [5, 5.41) is 17.2. The molecule has 0 bridgehead atoms. The first kappa shape index (κ1) is 20.7. The number of aromatic nitrogens is 4. The Morgan fingerprint density at radius 2 is 1.84 bits per heavy atom. The number of para-hydroxylation sites is 1. The van der Waals surface area contributed by atoms with Crippen LogP contribution in [0.4, 0.5) is 5.13 Å². The molecule has 0 fully saturated rings. The van der Waals surface area contributed by atoms with Gasteiger partial charge in [0.25, 0.3) is 5.91 Å². The van der Waals surface area contributed by atoms with Crippen molar-refractivity contribution in [2.45, 2.75) is 26.2 Å². The molecule has 4 rings (SSSR count). The number of benzene rings is 2. The van der Waals surface area contributed by atoms with Crippen LogP contribution in [0.2, 0.25) is 0 Å². The van der Waals surface area contributed by atoms with Gasteiger partial charge in [-0.15, -0.1) is 10.2 Å². The minimum absolute atomic E-state index is 0.134. The maximum absolute atomic E-state index is 13.2. The van der Waals surface area contributed by atoms with Crippen LogP contribution in [0.25, 0.3) is 16.9 Å². The predicted molar refractivity (Wildman–Crippen MR) is 122 cm³/mol. The highest BCUT2D eigenvalue weighted by molar-refractivity contribution is 7.15. The van der Waals surface area contributed by atoms with Gasteiger partial charge in [-0.25, -0.2) is 4.68 Å². The summed E-state index contributed by atoms with van der Waals surface area (Å²) in [7, 11) is 1.61. The number of amides is 1. The van der Waals surface area contributed by atoms with E-state index in [1.165, 1.54) is 11.3 Å². The van der Waals surface area contributed by atoms with Crippen molar-refractivity contribution in [1.82, 2.24) is 20.0 Å². The number of nitrogens with zero attached hydrogens (tertiary/aromatic N) is 4. The fourth-order valence-corrected chi connectivity index (χ4v) is 3.77. The third-order valence-electron chi connectivity index (χ3n) is 4.61. The van der Waals surface area contributed by atoms with E-state index < -0.39 is 0 Å². The first-order valence-corrected chi connectivity index (χ1v) is 10.6. The monoisotopic (exact) mass is 433 g/mol. The second-order valence-electron chi connectivity index (χ2n) is 8.02. The number of ether oxygens (including phenoxy) is 1. The number of hydrogen-bond donors (Lipinski definition) is 1. The number of nitrogens with one attached hydrogen (secondary N) is 1. The van der Waals surface area contributed by atoms with E-state index in [9.17, 15) is 4.79 Å². The normalized spacial score (nSPS) is 11.4. The first-order valence-electron chi connectivity index (χ1n) is 9.80. The Kier molecular flexibility index (Phi) is 5.56. The molecule has 31 heavy (non-hydrogen) atoms. The standard InChI is InChI=1S/C23H23N5O2S/c1-23(2,3)21-25-26-22(31-21)24-20(29)18-14-28(16-10-6-5-7-11-16)27-19(18)15-9-8-12-17(13-15)30-4/h5-14H,1-4H3,(H,24,26,29). The van der Waals surface area contributed by atoms with E-state index in [-0.39, 0.29) is 11.3 Å². The second kappa shape index (κ2) is 8.31. The van der Waals surface area contributed by atoms with Gasteiger partial charge in [-0.1, -0.05) is 62.4 Å². The zero-order valence-corrected chi connectivity index (χ0v) is 18.6. The van der Waals surface area contributed by atoms with Crippen LogP contribution in [0.15, 0.2) is 60.8 Å². The topological polar surface area (TPSA) is 81.9 Å². The fraction of sp³-hybridized carbons (Fsp3) is 0.217. The van der Waals surface area contributed by atoms with Crippen LogP contribution in [0, 0.1) is 0 Å². The third kappa shape index (κ3) is 4.49. The Labute approximate surface area is 184 Å². The summed E-state index contributed by atoms with van der Waals surface area (Å²) < 4.78 is 7.05. The lowest BCUT2D eigenvalue weighted by Gasteiger charge is -2.12. The zero-order valence-electron chi connectivity index (χ0n) is 17.8. The number of methoxy groups -OCH3 is 1. The van der Waals surface area contributed by atoms with Crippen molar-refractivity contribution in [3.63, 3.8) is 0 Å². The molecule has 0 saturated carbocycles. The molecule has 0 spiro atoms. The van der Waals surface area contributed by atoms with Crippen LogP contribution in [0.3, 0.4) is 0 Å². The minimum atomic E-state index is -0.295. The van der Waals surface area contributed by atoms with E-state index in [1.54, 1.807) is 18.0 Å². The summed E-state index contributed by atoms with van der Waals surface area (Å²) in [5.41, 5.74) is 2.50. The van der Waals surface area contributed by atoms with Crippen molar-refractivity contribution in [1.29, 1.82) is 0 Å². The van der Waals surface area contributed by atoms with Gasteiger partial charge in [0.05, 0.1) is 18.4 Å². The van der Waals surface area contributed by atoms with Gasteiger partial charge in [-0.05, 0) is 24.3 Å². The molecule has 2 aromatic carbocycles. The Morgan fingerprint density at radius 3 is 2.52 bits per heavy atom. The molecule has 2 heterocycles. The molecular formula is C23H23N5O2S. The number of rotatable bonds is 5. The van der Waals surface area contributed by atoms with Gasteiger partial charge < -0.3 is 4.74 Å². The highest BCUT2D eigenvalue weighted by atomic mass is 32.1. The van der Waals surface area contributed by atoms with E-state index in [4.69, 9.17) is 9.84 Å². The van der Waals surface area contributed by atoms with Gasteiger partial charge >= 0.3 is 0 Å². The summed E-state index contributed by atoms with van der Waals surface area (Å²) in [6, 6.07) is 17.1. The Bertz CT molecular complexity index is 1210. The number of carbonyl (C=O) groups excluding carboxylic acids is 1. The third-order valence-corrected chi connectivity index (χ3v) is 5.87. The summed E-state index contributed by atoms with van der Waals surface area (Å²) in [4.78, 5) is 13.2. The molecule has 158 valence electrons. The van der Waals surface area contributed by atoms with Crippen molar-refractivity contribution in [3.8, 4) is 22.7 Å². The largest absolute Gasteiger partial charge is 0.497 e. The van der Waals surface area contributed by atoms with E-state index in [0.717, 1.165) is 16.3 Å². The fourth-order valence-electron chi connectivity index (χ4n) is 2.98. The average molecular weight is 434 g/mol. The van der Waals surface area contributed by atoms with Gasteiger partial charge in [0.2, 0.25) is 5.13 Å². The molecule has 1 amide bonds. The molecule has 0 aliphatic rings. The molecule has 8 heteroatoms. The molecule has 0 unspecified atom stereocenters. The van der Waals surface area contributed by atoms with Crippen molar-refractivity contribution in [2.24, 2.45) is 0 Å². The van der Waals surface area contributed by atoms with Crippen LogP contribution in [-0.4, -0.2) is 33.0 Å². The quantitative estimate of drug-likeness (QED) is 0.482. The summed E-state index contributed by atoms with van der Waals surface area (Å²) in [6.45, 7) is 6.18. The maximum atomic E-state index is 13.2. The van der Waals surface area contributed by atoms with Crippen LogP contribution in [0.1, 0.15) is 36.1 Å². The smallest absolute Gasteiger partial charge is 0.261 e. The molecular weight excluding hydrogens is 410 g/mol. The predicted octanol–water partition coefficient (Wildman–Crippen LogP) is 4.95. The number of hydrogen-bond acceptors (Lipinski definition) is 6. The van der Waals surface area contributed by atoms with E-state index in [2.05, 4.69) is 36.3 Å². The number of carbonyl (C=O) groups is 1. The second-order valence-corrected chi connectivity index (χ2v) is 9.00. The SMILES string of the molecule is COc1cccc(-c2nn(-c3ccccc3)cc2C(=O)Nc2nnc(C(C)(C)C)s2)c1. The Balaban J connectivity index is 1.73. The van der Waals surface area contributed by atoms with Gasteiger partial charge in [0.1, 0.15) is 16.5 Å². The van der Waals surface area contributed by atoms with Crippen LogP contribution < -0.4 is 10.1 Å². The molecule has 0 radical (unpaired) electrons. The summed E-state index contributed by atoms with van der Waals surface area (Å²) in [6.07, 6.45) is 1.73. The Hall–Kier alpha value is -3.52. The van der Waals surface area contributed by atoms with Crippen molar-refractivity contribution < 1.29 is 9.53 Å². The van der Waals surface area contributed by atoms with Crippen LogP contribution >= 0.6 is 11.3 Å². The van der Waals surface area contributed by atoms with Crippen LogP contribution in [-0.2, 0) is 5.41 Å². The van der Waals surface area contributed by atoms with Gasteiger partial charge in [-0.2, -0.15) is 5.10 Å². The molecule has 0 aliphatic carbocycles. The number of anilines is 1. The van der Waals surface area contributed by atoms with E-state index in [0.29, 0.717) is 22.1 Å². The lowest BCUT2D eigenvalue weighted by Crippen LogP contribution is -2.12. The molecule has 0 atom stereocenters. The summed E-state index contributed by atoms with van der Waals surface area (Å²) in [5.74, 6) is 0.397. The van der Waals surface area contributed by atoms with Gasteiger partial charge in [0.15, 0.2) is 0 Å². The minimum Gasteiger partial charge on any atom is -0.497 e. The lowest BCUT2D eigenvalue weighted by molar-refractivity contribution is 0.102. The summed E-state index contributed by atoms with van der Waals surface area (Å²) >= 11 is 1.37. The maximum Gasteiger partial charge on any atom is 0.261 e. The molecule has 0 aliphatic heterocycles. The van der Waals surface area contributed by atoms with E-state index >= 15 is 0 Å².